The summed E-state index contributed by atoms with van der Waals surface area (Å²) in [6.07, 6.45) is 0. The molecular weight excluding hydrogens is 227 g/mol. The van der Waals surface area contributed by atoms with E-state index in [4.69, 9.17) is 5.73 Å². The molecule has 0 atom stereocenters. The van der Waals surface area contributed by atoms with Crippen molar-refractivity contribution in [3.05, 3.63) is 65.5 Å². The molecule has 2 nitrogen and oxygen atoms in total. The minimum Gasteiger partial charge on any atom is -0.370 e. The van der Waals surface area contributed by atoms with E-state index < -0.39 is 0 Å². The molecule has 2 aromatic rings. The van der Waals surface area contributed by atoms with E-state index in [0.717, 1.165) is 11.3 Å². The molecule has 18 heavy (non-hydrogen) atoms. The zero-order valence-corrected chi connectivity index (χ0v) is 10.4. The highest BCUT2D eigenvalue weighted by atomic mass is 19.1. The Balaban J connectivity index is 2.14. The lowest BCUT2D eigenvalue weighted by Crippen LogP contribution is -2.17. The van der Waals surface area contributed by atoms with E-state index in [1.165, 1.54) is 6.07 Å². The summed E-state index contributed by atoms with van der Waals surface area (Å²) >= 11 is 0. The molecule has 0 spiro atoms. The Morgan fingerprint density at radius 3 is 2.44 bits per heavy atom. The summed E-state index contributed by atoms with van der Waals surface area (Å²) in [5.41, 5.74) is 8.05. The highest BCUT2D eigenvalue weighted by Crippen LogP contribution is 2.17. The molecule has 0 saturated heterocycles. The van der Waals surface area contributed by atoms with E-state index in [-0.39, 0.29) is 5.82 Å². The number of hydrogen-bond acceptors (Lipinski definition) is 2. The van der Waals surface area contributed by atoms with E-state index in [9.17, 15) is 4.39 Å². The predicted octanol–water partition coefficient (Wildman–Crippen LogP) is 2.92. The molecular formula is C15H17FN2. The van der Waals surface area contributed by atoms with Gasteiger partial charge in [-0.3, -0.25) is 0 Å². The lowest BCUT2D eigenvalue weighted by molar-refractivity contribution is 0.605. The van der Waals surface area contributed by atoms with Crippen molar-refractivity contribution >= 4 is 5.69 Å². The predicted molar refractivity (Wildman–Crippen MR) is 72.8 cm³/mol. The molecule has 0 heterocycles. The van der Waals surface area contributed by atoms with Gasteiger partial charge in [0.2, 0.25) is 0 Å². The number of benzene rings is 2. The first-order valence-electron chi connectivity index (χ1n) is 5.94. The van der Waals surface area contributed by atoms with Gasteiger partial charge in [0.15, 0.2) is 0 Å². The van der Waals surface area contributed by atoms with Gasteiger partial charge in [0.05, 0.1) is 0 Å². The molecule has 0 bridgehead atoms. The maximum Gasteiger partial charge on any atom is 0.128 e. The Hall–Kier alpha value is -1.87. The Labute approximate surface area is 107 Å². The van der Waals surface area contributed by atoms with Crippen LogP contribution in [0.25, 0.3) is 0 Å². The van der Waals surface area contributed by atoms with Crippen molar-refractivity contribution < 1.29 is 4.39 Å². The average molecular weight is 244 g/mol. The van der Waals surface area contributed by atoms with Gasteiger partial charge < -0.3 is 10.6 Å². The summed E-state index contributed by atoms with van der Waals surface area (Å²) < 4.78 is 13.8. The summed E-state index contributed by atoms with van der Waals surface area (Å²) in [6.45, 7) is 0.909. The quantitative estimate of drug-likeness (QED) is 0.896. The fourth-order valence-electron chi connectivity index (χ4n) is 1.88. The Morgan fingerprint density at radius 2 is 1.83 bits per heavy atom. The molecule has 2 rings (SSSR count). The summed E-state index contributed by atoms with van der Waals surface area (Å²) in [7, 11) is 1.95. The molecule has 0 aromatic heterocycles. The van der Waals surface area contributed by atoms with Crippen LogP contribution in [0.2, 0.25) is 0 Å². The van der Waals surface area contributed by atoms with Gasteiger partial charge in [0, 0.05) is 31.4 Å². The molecule has 0 unspecified atom stereocenters. The standard InChI is InChI=1S/C15H17FN2/c1-18(14-5-3-2-4-6-14)11-13-8-7-12(10-17)9-15(13)16/h2-9H,10-11,17H2,1H3. The van der Waals surface area contributed by atoms with Crippen LogP contribution in [-0.4, -0.2) is 7.05 Å². The second-order valence-corrected chi connectivity index (χ2v) is 4.32. The topological polar surface area (TPSA) is 29.3 Å². The van der Waals surface area contributed by atoms with Crippen LogP contribution in [0, 0.1) is 5.82 Å². The number of nitrogens with zero attached hydrogens (tertiary/aromatic N) is 1. The summed E-state index contributed by atoms with van der Waals surface area (Å²) in [5.74, 6) is -0.194. The summed E-state index contributed by atoms with van der Waals surface area (Å²) in [4.78, 5) is 2.01. The molecule has 2 aromatic carbocycles. The van der Waals surface area contributed by atoms with Gasteiger partial charge in [-0.05, 0) is 23.8 Å². The van der Waals surface area contributed by atoms with Crippen molar-refractivity contribution in [2.45, 2.75) is 13.1 Å². The minimum absolute atomic E-state index is 0.194. The van der Waals surface area contributed by atoms with Crippen molar-refractivity contribution in [1.82, 2.24) is 0 Å². The second-order valence-electron chi connectivity index (χ2n) is 4.32. The number of halogens is 1. The van der Waals surface area contributed by atoms with Crippen molar-refractivity contribution in [2.75, 3.05) is 11.9 Å². The number of rotatable bonds is 4. The Bertz CT molecular complexity index is 511. The zero-order chi connectivity index (χ0) is 13.0. The largest absolute Gasteiger partial charge is 0.370 e. The molecule has 0 fully saturated rings. The average Bonchev–Trinajstić information content (AvgIpc) is 2.42. The van der Waals surface area contributed by atoms with Crippen LogP contribution in [0.15, 0.2) is 48.5 Å². The van der Waals surface area contributed by atoms with E-state index in [1.807, 2.05) is 48.3 Å². The van der Waals surface area contributed by atoms with Crippen LogP contribution in [-0.2, 0) is 13.1 Å². The molecule has 0 amide bonds. The smallest absolute Gasteiger partial charge is 0.128 e. The molecule has 0 aliphatic carbocycles. The number of nitrogens with two attached hydrogens (primary N) is 1. The van der Waals surface area contributed by atoms with Crippen LogP contribution in [0.4, 0.5) is 10.1 Å². The van der Waals surface area contributed by atoms with Crippen LogP contribution >= 0.6 is 0 Å². The van der Waals surface area contributed by atoms with E-state index in [1.54, 1.807) is 6.07 Å². The van der Waals surface area contributed by atoms with Gasteiger partial charge in [-0.25, -0.2) is 4.39 Å². The van der Waals surface area contributed by atoms with Crippen molar-refractivity contribution in [2.24, 2.45) is 5.73 Å². The lowest BCUT2D eigenvalue weighted by Gasteiger charge is -2.19. The summed E-state index contributed by atoms with van der Waals surface area (Å²) in [5, 5.41) is 0. The first kappa shape index (κ1) is 12.6. The third-order valence-electron chi connectivity index (χ3n) is 2.96. The molecule has 94 valence electrons. The van der Waals surface area contributed by atoms with Gasteiger partial charge in [-0.1, -0.05) is 30.3 Å². The van der Waals surface area contributed by atoms with Gasteiger partial charge >= 0.3 is 0 Å². The van der Waals surface area contributed by atoms with Gasteiger partial charge in [0.1, 0.15) is 5.82 Å². The number of hydrogen-bond donors (Lipinski definition) is 1. The van der Waals surface area contributed by atoms with Crippen LogP contribution in [0.5, 0.6) is 0 Å². The van der Waals surface area contributed by atoms with Crippen LogP contribution in [0.1, 0.15) is 11.1 Å². The lowest BCUT2D eigenvalue weighted by atomic mass is 10.1. The van der Waals surface area contributed by atoms with Gasteiger partial charge in [-0.15, -0.1) is 0 Å². The highest BCUT2D eigenvalue weighted by Gasteiger charge is 2.07. The van der Waals surface area contributed by atoms with Crippen molar-refractivity contribution in [1.29, 1.82) is 0 Å². The molecule has 0 saturated carbocycles. The Kier molecular flexibility index (Phi) is 3.95. The van der Waals surface area contributed by atoms with Gasteiger partial charge in [0.25, 0.3) is 0 Å². The van der Waals surface area contributed by atoms with E-state index in [0.29, 0.717) is 18.7 Å². The third kappa shape index (κ3) is 2.87. The fraction of sp³-hybridized carbons (Fsp3) is 0.200. The zero-order valence-electron chi connectivity index (χ0n) is 10.4. The number of para-hydroxylation sites is 1. The maximum atomic E-state index is 13.8. The second kappa shape index (κ2) is 5.65. The SMILES string of the molecule is CN(Cc1ccc(CN)cc1F)c1ccccc1. The highest BCUT2D eigenvalue weighted by molar-refractivity contribution is 5.45. The minimum atomic E-state index is -0.194. The van der Waals surface area contributed by atoms with Crippen molar-refractivity contribution in [3.63, 3.8) is 0 Å². The normalized spacial score (nSPS) is 10.4. The molecule has 2 N–H and O–H groups in total. The Morgan fingerprint density at radius 1 is 1.11 bits per heavy atom. The monoisotopic (exact) mass is 244 g/mol. The summed E-state index contributed by atoms with van der Waals surface area (Å²) in [6, 6.07) is 15.1. The first-order valence-corrected chi connectivity index (χ1v) is 5.94. The van der Waals surface area contributed by atoms with Gasteiger partial charge in [-0.2, -0.15) is 0 Å². The maximum absolute atomic E-state index is 13.8. The third-order valence-corrected chi connectivity index (χ3v) is 2.96. The van der Waals surface area contributed by atoms with Crippen LogP contribution < -0.4 is 10.6 Å². The van der Waals surface area contributed by atoms with Crippen molar-refractivity contribution in [3.8, 4) is 0 Å². The van der Waals surface area contributed by atoms with Crippen LogP contribution in [0.3, 0.4) is 0 Å². The number of anilines is 1. The molecule has 0 radical (unpaired) electrons. The first-order chi connectivity index (χ1) is 8.70. The molecule has 0 aliphatic heterocycles. The fourth-order valence-corrected chi connectivity index (χ4v) is 1.88. The van der Waals surface area contributed by atoms with E-state index in [2.05, 4.69) is 0 Å². The van der Waals surface area contributed by atoms with E-state index >= 15 is 0 Å². The molecule has 0 aliphatic rings. The molecule has 3 heteroatoms.